The molecule has 0 aromatic heterocycles. The first-order chi connectivity index (χ1) is 11.9. The van der Waals surface area contributed by atoms with Gasteiger partial charge in [0.25, 0.3) is 5.91 Å². The Hall–Kier alpha value is -3.15. The third-order valence-electron chi connectivity index (χ3n) is 3.56. The molecular formula is C19H20N2O4. The molecule has 0 saturated carbocycles. The van der Waals surface area contributed by atoms with Gasteiger partial charge in [-0.2, -0.15) is 0 Å². The van der Waals surface area contributed by atoms with Crippen LogP contribution in [0.3, 0.4) is 0 Å². The van der Waals surface area contributed by atoms with Gasteiger partial charge in [-0.05, 0) is 37.1 Å². The van der Waals surface area contributed by atoms with E-state index in [9.17, 15) is 14.4 Å². The summed E-state index contributed by atoms with van der Waals surface area (Å²) in [5, 5.41) is 10.9. The highest BCUT2D eigenvalue weighted by atomic mass is 16.4. The van der Waals surface area contributed by atoms with Gasteiger partial charge in [0.15, 0.2) is 0 Å². The van der Waals surface area contributed by atoms with E-state index in [1.165, 1.54) is 0 Å². The number of carbonyl (C=O) groups is 3. The standard InChI is InChI=1S/C19H20N2O4/c1-13(2)21(19(25)20-12-17(22)23)18(24)16-10-6-9-15(11-16)14-7-4-3-5-8-14/h3-11,13H,12H2,1-2H3,(H,20,25)(H,22,23). The van der Waals surface area contributed by atoms with Gasteiger partial charge < -0.3 is 10.4 Å². The minimum Gasteiger partial charge on any atom is -0.480 e. The van der Waals surface area contributed by atoms with E-state index in [0.29, 0.717) is 5.56 Å². The van der Waals surface area contributed by atoms with E-state index in [-0.39, 0.29) is 0 Å². The summed E-state index contributed by atoms with van der Waals surface area (Å²) in [5.41, 5.74) is 2.19. The van der Waals surface area contributed by atoms with Gasteiger partial charge in [-0.1, -0.05) is 42.5 Å². The molecule has 0 heterocycles. The minimum absolute atomic E-state index is 0.362. The van der Waals surface area contributed by atoms with Crippen LogP contribution in [-0.2, 0) is 4.79 Å². The zero-order valence-corrected chi connectivity index (χ0v) is 14.1. The number of nitrogens with zero attached hydrogens (tertiary/aromatic N) is 1. The SMILES string of the molecule is CC(C)N(C(=O)NCC(=O)O)C(=O)c1cccc(-c2ccccc2)c1. The van der Waals surface area contributed by atoms with Gasteiger partial charge in [0.05, 0.1) is 0 Å². The molecule has 0 fully saturated rings. The summed E-state index contributed by atoms with van der Waals surface area (Å²) in [6.07, 6.45) is 0. The molecule has 0 atom stereocenters. The van der Waals surface area contributed by atoms with Gasteiger partial charge in [-0.25, -0.2) is 4.79 Å². The fourth-order valence-corrected chi connectivity index (χ4v) is 2.40. The molecule has 6 heteroatoms. The first-order valence-corrected chi connectivity index (χ1v) is 7.89. The lowest BCUT2D eigenvalue weighted by molar-refractivity contribution is -0.135. The quantitative estimate of drug-likeness (QED) is 0.876. The topological polar surface area (TPSA) is 86.7 Å². The largest absolute Gasteiger partial charge is 0.480 e. The van der Waals surface area contributed by atoms with Crippen molar-refractivity contribution in [1.29, 1.82) is 0 Å². The number of rotatable bonds is 5. The number of carboxylic acid groups (broad SMARTS) is 1. The predicted molar refractivity (Wildman–Crippen MR) is 94.2 cm³/mol. The van der Waals surface area contributed by atoms with Crippen molar-refractivity contribution >= 4 is 17.9 Å². The van der Waals surface area contributed by atoms with E-state index in [1.54, 1.807) is 32.0 Å². The van der Waals surface area contributed by atoms with Crippen molar-refractivity contribution in [3.05, 3.63) is 60.2 Å². The van der Waals surface area contributed by atoms with Gasteiger partial charge in [0, 0.05) is 11.6 Å². The summed E-state index contributed by atoms with van der Waals surface area (Å²) < 4.78 is 0. The molecule has 0 aliphatic rings. The van der Waals surface area contributed by atoms with Crippen molar-refractivity contribution in [2.75, 3.05) is 6.54 Å². The van der Waals surface area contributed by atoms with Gasteiger partial charge in [-0.15, -0.1) is 0 Å². The molecule has 3 amide bonds. The maximum Gasteiger partial charge on any atom is 0.325 e. The number of hydrogen-bond acceptors (Lipinski definition) is 3. The summed E-state index contributed by atoms with van der Waals surface area (Å²) in [4.78, 5) is 36.6. The lowest BCUT2D eigenvalue weighted by Crippen LogP contribution is -2.48. The summed E-state index contributed by atoms with van der Waals surface area (Å²) in [7, 11) is 0. The molecule has 130 valence electrons. The lowest BCUT2D eigenvalue weighted by Gasteiger charge is -2.25. The predicted octanol–water partition coefficient (Wildman–Crippen LogP) is 3.00. The molecule has 0 aliphatic heterocycles. The van der Waals surface area contributed by atoms with Crippen molar-refractivity contribution in [2.24, 2.45) is 0 Å². The van der Waals surface area contributed by atoms with Crippen LogP contribution in [0.2, 0.25) is 0 Å². The second-order valence-corrected chi connectivity index (χ2v) is 5.77. The highest BCUT2D eigenvalue weighted by Crippen LogP contribution is 2.21. The smallest absolute Gasteiger partial charge is 0.325 e. The Morgan fingerprint density at radius 1 is 1.00 bits per heavy atom. The van der Waals surface area contributed by atoms with E-state index in [1.807, 2.05) is 36.4 Å². The molecule has 2 aromatic carbocycles. The summed E-state index contributed by atoms with van der Waals surface area (Å²) in [5.74, 6) is -1.65. The van der Waals surface area contributed by atoms with Crippen LogP contribution in [0, 0.1) is 0 Å². The molecule has 0 spiro atoms. The van der Waals surface area contributed by atoms with E-state index in [2.05, 4.69) is 5.32 Å². The van der Waals surface area contributed by atoms with Crippen LogP contribution < -0.4 is 5.32 Å². The highest BCUT2D eigenvalue weighted by Gasteiger charge is 2.26. The average molecular weight is 340 g/mol. The Labute approximate surface area is 146 Å². The van der Waals surface area contributed by atoms with Crippen LogP contribution in [0.25, 0.3) is 11.1 Å². The Bertz CT molecular complexity index is 772. The first kappa shape index (κ1) is 18.2. The molecule has 2 rings (SSSR count). The number of urea groups is 1. The third-order valence-corrected chi connectivity index (χ3v) is 3.56. The van der Waals surface area contributed by atoms with Gasteiger partial charge in [0.2, 0.25) is 0 Å². The molecule has 0 bridgehead atoms. The number of carboxylic acids is 1. The number of carbonyl (C=O) groups excluding carboxylic acids is 2. The summed E-state index contributed by atoms with van der Waals surface area (Å²) in [6, 6.07) is 15.4. The first-order valence-electron chi connectivity index (χ1n) is 7.89. The van der Waals surface area contributed by atoms with Crippen molar-refractivity contribution in [1.82, 2.24) is 10.2 Å². The Morgan fingerprint density at radius 3 is 2.24 bits per heavy atom. The number of imide groups is 1. The van der Waals surface area contributed by atoms with Gasteiger partial charge in [0.1, 0.15) is 6.54 Å². The lowest BCUT2D eigenvalue weighted by atomic mass is 10.0. The molecule has 0 radical (unpaired) electrons. The zero-order chi connectivity index (χ0) is 18.4. The van der Waals surface area contributed by atoms with E-state index < -0.39 is 30.5 Å². The summed E-state index contributed by atoms with van der Waals surface area (Å²) >= 11 is 0. The Morgan fingerprint density at radius 2 is 1.64 bits per heavy atom. The monoisotopic (exact) mass is 340 g/mol. The third kappa shape index (κ3) is 4.67. The maximum absolute atomic E-state index is 12.8. The minimum atomic E-state index is -1.17. The van der Waals surface area contributed by atoms with Gasteiger partial charge in [-0.3, -0.25) is 14.5 Å². The van der Waals surface area contributed by atoms with Crippen LogP contribution in [0.4, 0.5) is 4.79 Å². The van der Waals surface area contributed by atoms with E-state index in [4.69, 9.17) is 5.11 Å². The molecule has 0 saturated heterocycles. The van der Waals surface area contributed by atoms with Crippen molar-refractivity contribution < 1.29 is 19.5 Å². The van der Waals surface area contributed by atoms with Crippen LogP contribution in [-0.4, -0.2) is 40.5 Å². The molecule has 6 nitrogen and oxygen atoms in total. The second-order valence-electron chi connectivity index (χ2n) is 5.77. The second kappa shape index (κ2) is 8.10. The number of aliphatic carboxylic acids is 1. The maximum atomic E-state index is 12.8. The zero-order valence-electron chi connectivity index (χ0n) is 14.1. The normalized spacial score (nSPS) is 10.4. The number of hydrogen-bond donors (Lipinski definition) is 2. The highest BCUT2D eigenvalue weighted by molar-refractivity contribution is 6.05. The van der Waals surface area contributed by atoms with Crippen molar-refractivity contribution in [2.45, 2.75) is 19.9 Å². The molecule has 25 heavy (non-hydrogen) atoms. The number of benzene rings is 2. The Kier molecular flexibility index (Phi) is 5.89. The van der Waals surface area contributed by atoms with Crippen LogP contribution in [0.1, 0.15) is 24.2 Å². The summed E-state index contributed by atoms with van der Waals surface area (Å²) in [6.45, 7) is 2.85. The van der Waals surface area contributed by atoms with Crippen LogP contribution in [0.5, 0.6) is 0 Å². The van der Waals surface area contributed by atoms with E-state index in [0.717, 1.165) is 16.0 Å². The molecule has 0 aliphatic carbocycles. The van der Waals surface area contributed by atoms with Crippen molar-refractivity contribution in [3.8, 4) is 11.1 Å². The fraction of sp³-hybridized carbons (Fsp3) is 0.211. The van der Waals surface area contributed by atoms with Crippen LogP contribution in [0.15, 0.2) is 54.6 Å². The molecule has 2 aromatic rings. The van der Waals surface area contributed by atoms with Gasteiger partial charge >= 0.3 is 12.0 Å². The van der Waals surface area contributed by atoms with E-state index >= 15 is 0 Å². The average Bonchev–Trinajstić information content (AvgIpc) is 2.60. The Balaban J connectivity index is 2.27. The number of nitrogens with one attached hydrogen (secondary N) is 1. The van der Waals surface area contributed by atoms with Crippen LogP contribution >= 0.6 is 0 Å². The number of amides is 3. The molecule has 2 N–H and O–H groups in total. The molecule has 0 unspecified atom stereocenters. The molecular weight excluding hydrogens is 320 g/mol. The fourth-order valence-electron chi connectivity index (χ4n) is 2.40. The van der Waals surface area contributed by atoms with Crippen molar-refractivity contribution in [3.63, 3.8) is 0 Å².